The molecule has 0 aromatic heterocycles. The first-order valence-electron chi connectivity index (χ1n) is 7.95. The fourth-order valence-electron chi connectivity index (χ4n) is 2.56. The van der Waals surface area contributed by atoms with Gasteiger partial charge in [0.25, 0.3) is 0 Å². The second kappa shape index (κ2) is 7.27. The number of aliphatic hydroxyl groups is 1. The van der Waals surface area contributed by atoms with Crippen molar-refractivity contribution in [3.63, 3.8) is 0 Å². The number of carbonyl (C=O) groups excluding carboxylic acids is 1. The highest BCUT2D eigenvalue weighted by Gasteiger charge is 2.35. The Morgan fingerprint density at radius 3 is 2.67 bits per heavy atom. The molecule has 7 nitrogen and oxygen atoms in total. The maximum absolute atomic E-state index is 12.1. The van der Waals surface area contributed by atoms with Gasteiger partial charge in [0.15, 0.2) is 11.5 Å². The largest absolute Gasteiger partial charge is 0.504 e. The zero-order chi connectivity index (χ0) is 17.9. The lowest BCUT2D eigenvalue weighted by molar-refractivity contribution is 0.0270. The Morgan fingerprint density at radius 2 is 2.08 bits per heavy atom. The van der Waals surface area contributed by atoms with Gasteiger partial charge in [-0.3, -0.25) is 0 Å². The second-order valence-corrected chi connectivity index (χ2v) is 6.95. The number of ether oxygens (including phenoxy) is 2. The van der Waals surface area contributed by atoms with Crippen molar-refractivity contribution in [1.29, 1.82) is 0 Å². The molecule has 3 N–H and O–H groups in total. The van der Waals surface area contributed by atoms with E-state index in [0.29, 0.717) is 18.8 Å². The Morgan fingerprint density at radius 1 is 1.38 bits per heavy atom. The van der Waals surface area contributed by atoms with Gasteiger partial charge in [0, 0.05) is 13.1 Å². The Labute approximate surface area is 142 Å². The second-order valence-electron chi connectivity index (χ2n) is 6.95. The first kappa shape index (κ1) is 18.4. The van der Waals surface area contributed by atoms with Crippen molar-refractivity contribution in [2.75, 3.05) is 20.2 Å². The normalized spacial score (nSPS) is 21.0. The Bertz CT molecular complexity index is 585. The summed E-state index contributed by atoms with van der Waals surface area (Å²) in [6.45, 7) is 6.50. The number of benzene rings is 1. The van der Waals surface area contributed by atoms with Gasteiger partial charge in [-0.15, -0.1) is 0 Å². The number of amides is 1. The topological polar surface area (TPSA) is 91.3 Å². The van der Waals surface area contributed by atoms with Crippen molar-refractivity contribution in [1.82, 2.24) is 10.2 Å². The number of carbonyl (C=O) groups is 1. The summed E-state index contributed by atoms with van der Waals surface area (Å²) in [6.07, 6.45) is -1.09. The van der Waals surface area contributed by atoms with E-state index in [9.17, 15) is 15.0 Å². The number of rotatable bonds is 4. The van der Waals surface area contributed by atoms with Crippen LogP contribution in [0, 0.1) is 0 Å². The Kier molecular flexibility index (Phi) is 5.56. The number of β-amino-alcohol motifs (C(OH)–C–C–N with tert-alkyl or cyclic N) is 1. The number of methoxy groups -OCH3 is 1. The number of hydrogen-bond donors (Lipinski definition) is 3. The molecule has 2 rings (SSSR count). The SMILES string of the molecule is COc1ccc(CN[C@@H]2CN(C(=O)OC(C)(C)C)C[C@@H]2O)cc1O. The summed E-state index contributed by atoms with van der Waals surface area (Å²) in [5, 5.41) is 23.1. The molecule has 7 heteroatoms. The molecule has 0 unspecified atom stereocenters. The number of phenolic OH excluding ortho intramolecular Hbond substituents is 1. The summed E-state index contributed by atoms with van der Waals surface area (Å²) < 4.78 is 10.3. The molecule has 0 saturated carbocycles. The van der Waals surface area contributed by atoms with Crippen LogP contribution in [0.1, 0.15) is 26.3 Å². The zero-order valence-electron chi connectivity index (χ0n) is 14.6. The molecule has 24 heavy (non-hydrogen) atoms. The number of aliphatic hydroxyl groups excluding tert-OH is 1. The average molecular weight is 338 g/mol. The van der Waals surface area contributed by atoms with Gasteiger partial charge in [0.05, 0.1) is 25.8 Å². The Balaban J connectivity index is 1.89. The van der Waals surface area contributed by atoms with E-state index >= 15 is 0 Å². The van der Waals surface area contributed by atoms with E-state index in [1.807, 2.05) is 26.8 Å². The molecular weight excluding hydrogens is 312 g/mol. The highest BCUT2D eigenvalue weighted by Crippen LogP contribution is 2.26. The Hall–Kier alpha value is -1.99. The van der Waals surface area contributed by atoms with Crippen molar-refractivity contribution in [3.8, 4) is 11.5 Å². The standard InChI is InChI=1S/C17H26N2O5/c1-17(2,3)24-16(22)19-9-12(14(21)10-19)18-8-11-5-6-15(23-4)13(20)7-11/h5-7,12,14,18,20-21H,8-10H2,1-4H3/t12-,14+/m1/s1. The fraction of sp³-hybridized carbons (Fsp3) is 0.588. The molecule has 0 spiro atoms. The van der Waals surface area contributed by atoms with Crippen LogP contribution >= 0.6 is 0 Å². The number of hydrogen-bond acceptors (Lipinski definition) is 6. The van der Waals surface area contributed by atoms with Crippen molar-refractivity contribution in [3.05, 3.63) is 23.8 Å². The lowest BCUT2D eigenvalue weighted by atomic mass is 10.1. The van der Waals surface area contributed by atoms with E-state index in [2.05, 4.69) is 5.32 Å². The lowest BCUT2D eigenvalue weighted by Gasteiger charge is -2.24. The van der Waals surface area contributed by atoms with Crippen LogP contribution < -0.4 is 10.1 Å². The molecule has 134 valence electrons. The zero-order valence-corrected chi connectivity index (χ0v) is 14.6. The molecule has 1 amide bonds. The molecule has 1 fully saturated rings. The average Bonchev–Trinajstić information content (AvgIpc) is 2.85. The monoisotopic (exact) mass is 338 g/mol. The minimum Gasteiger partial charge on any atom is -0.504 e. The fourth-order valence-corrected chi connectivity index (χ4v) is 2.56. The molecule has 1 saturated heterocycles. The summed E-state index contributed by atoms with van der Waals surface area (Å²) in [5.41, 5.74) is 0.296. The molecular formula is C17H26N2O5. The third-order valence-electron chi connectivity index (χ3n) is 3.75. The van der Waals surface area contributed by atoms with E-state index in [0.717, 1.165) is 5.56 Å². The van der Waals surface area contributed by atoms with Crippen LogP contribution in [0.15, 0.2) is 18.2 Å². The van der Waals surface area contributed by atoms with E-state index in [-0.39, 0.29) is 18.3 Å². The summed E-state index contributed by atoms with van der Waals surface area (Å²) >= 11 is 0. The highest BCUT2D eigenvalue weighted by atomic mass is 16.6. The summed E-state index contributed by atoms with van der Waals surface area (Å²) in [6, 6.07) is 4.88. The third-order valence-corrected chi connectivity index (χ3v) is 3.75. The van der Waals surface area contributed by atoms with E-state index in [4.69, 9.17) is 9.47 Å². The number of likely N-dealkylation sites (tertiary alicyclic amines) is 1. The van der Waals surface area contributed by atoms with Gasteiger partial charge in [0.2, 0.25) is 0 Å². The summed E-state index contributed by atoms with van der Waals surface area (Å²) in [7, 11) is 1.49. The summed E-state index contributed by atoms with van der Waals surface area (Å²) in [5.74, 6) is 0.481. The van der Waals surface area contributed by atoms with Gasteiger partial charge in [-0.1, -0.05) is 6.07 Å². The minimum absolute atomic E-state index is 0.0687. The highest BCUT2D eigenvalue weighted by molar-refractivity contribution is 5.68. The van der Waals surface area contributed by atoms with Crippen LogP contribution in [0.4, 0.5) is 4.79 Å². The van der Waals surface area contributed by atoms with E-state index in [1.54, 1.807) is 12.1 Å². The molecule has 1 aliphatic rings. The molecule has 0 radical (unpaired) electrons. The van der Waals surface area contributed by atoms with Crippen LogP contribution in [-0.2, 0) is 11.3 Å². The maximum atomic E-state index is 12.1. The predicted octanol–water partition coefficient (Wildman–Crippen LogP) is 1.47. The van der Waals surface area contributed by atoms with Gasteiger partial charge < -0.3 is 29.9 Å². The first-order valence-corrected chi connectivity index (χ1v) is 7.95. The van der Waals surface area contributed by atoms with Crippen molar-refractivity contribution in [2.45, 2.75) is 45.1 Å². The molecule has 0 bridgehead atoms. The van der Waals surface area contributed by atoms with Crippen LogP contribution in [0.2, 0.25) is 0 Å². The third kappa shape index (κ3) is 4.75. The quantitative estimate of drug-likeness (QED) is 0.770. The van der Waals surface area contributed by atoms with Crippen molar-refractivity contribution < 1.29 is 24.5 Å². The van der Waals surface area contributed by atoms with Crippen LogP contribution in [0.25, 0.3) is 0 Å². The molecule has 0 aliphatic carbocycles. The van der Waals surface area contributed by atoms with Crippen LogP contribution in [-0.4, -0.2) is 59.2 Å². The molecule has 1 aliphatic heterocycles. The van der Waals surface area contributed by atoms with Gasteiger partial charge in [-0.25, -0.2) is 4.79 Å². The maximum Gasteiger partial charge on any atom is 0.410 e. The number of phenols is 1. The number of aromatic hydroxyl groups is 1. The van der Waals surface area contributed by atoms with Crippen LogP contribution in [0.3, 0.4) is 0 Å². The lowest BCUT2D eigenvalue weighted by Crippen LogP contribution is -2.39. The van der Waals surface area contributed by atoms with E-state index in [1.165, 1.54) is 12.0 Å². The molecule has 1 aromatic carbocycles. The first-order chi connectivity index (χ1) is 11.2. The molecule has 2 atom stereocenters. The minimum atomic E-state index is -0.663. The van der Waals surface area contributed by atoms with E-state index < -0.39 is 17.8 Å². The van der Waals surface area contributed by atoms with Gasteiger partial charge >= 0.3 is 6.09 Å². The van der Waals surface area contributed by atoms with Gasteiger partial charge in [-0.05, 0) is 38.5 Å². The molecule has 1 aromatic rings. The van der Waals surface area contributed by atoms with Crippen molar-refractivity contribution in [2.24, 2.45) is 0 Å². The summed E-state index contributed by atoms with van der Waals surface area (Å²) in [4.78, 5) is 13.6. The smallest absolute Gasteiger partial charge is 0.410 e. The van der Waals surface area contributed by atoms with Crippen molar-refractivity contribution >= 4 is 6.09 Å². The van der Waals surface area contributed by atoms with Gasteiger partial charge in [0.1, 0.15) is 5.60 Å². The van der Waals surface area contributed by atoms with Gasteiger partial charge in [-0.2, -0.15) is 0 Å². The number of nitrogens with zero attached hydrogens (tertiary/aromatic N) is 1. The molecule has 1 heterocycles. The predicted molar refractivity (Wildman–Crippen MR) is 89.1 cm³/mol. The van der Waals surface area contributed by atoms with Crippen LogP contribution in [0.5, 0.6) is 11.5 Å². The number of nitrogens with one attached hydrogen (secondary N) is 1.